The Morgan fingerprint density at radius 3 is 2.09 bits per heavy atom. The average Bonchev–Trinajstić information content (AvgIpc) is 2.77. The van der Waals surface area contributed by atoms with Crippen LogP contribution in [0.15, 0.2) is 78.4 Å². The number of hydrogen-bond donors (Lipinski definition) is 0. The maximum Gasteiger partial charge on any atom is 0.254 e. The summed E-state index contributed by atoms with van der Waals surface area (Å²) >= 11 is 0. The molecule has 0 saturated carbocycles. The van der Waals surface area contributed by atoms with Gasteiger partial charge in [-0.2, -0.15) is 0 Å². The van der Waals surface area contributed by atoms with Crippen molar-refractivity contribution in [2.75, 3.05) is 16.3 Å². The highest BCUT2D eigenvalue weighted by molar-refractivity contribution is 6.16. The van der Waals surface area contributed by atoms with Crippen molar-refractivity contribution in [1.82, 2.24) is 0 Å². The van der Waals surface area contributed by atoms with E-state index in [-0.39, 0.29) is 18.4 Å². The fraction of sp³-hybridized carbons (Fsp3) is 0.214. The zero-order chi connectivity index (χ0) is 22.8. The Morgan fingerprint density at radius 2 is 1.47 bits per heavy atom. The van der Waals surface area contributed by atoms with E-state index in [1.54, 1.807) is 9.80 Å². The number of benzene rings is 3. The third-order valence-corrected chi connectivity index (χ3v) is 5.97. The summed E-state index contributed by atoms with van der Waals surface area (Å²) in [5.41, 5.74) is 6.46. The molecule has 1 aliphatic heterocycles. The molecule has 32 heavy (non-hydrogen) atoms. The van der Waals surface area contributed by atoms with Gasteiger partial charge in [0.05, 0.1) is 5.69 Å². The molecule has 3 aromatic carbocycles. The molecule has 0 aromatic heterocycles. The molecule has 0 bridgehead atoms. The number of aryl methyl sites for hydroxylation is 3. The number of anilines is 2. The minimum atomic E-state index is -0.710. The van der Waals surface area contributed by atoms with Gasteiger partial charge in [0.1, 0.15) is 12.6 Å². The summed E-state index contributed by atoms with van der Waals surface area (Å²) in [4.78, 5) is 30.8. The predicted molar refractivity (Wildman–Crippen MR) is 131 cm³/mol. The van der Waals surface area contributed by atoms with Crippen LogP contribution in [0.2, 0.25) is 0 Å². The number of carbonyl (C=O) groups excluding carboxylic acids is 2. The normalized spacial score (nSPS) is 17.1. The van der Waals surface area contributed by atoms with Crippen molar-refractivity contribution in [2.24, 2.45) is 0 Å². The topological polar surface area (TPSA) is 40.6 Å². The highest BCUT2D eigenvalue weighted by Crippen LogP contribution is 2.33. The van der Waals surface area contributed by atoms with Crippen LogP contribution >= 0.6 is 0 Å². The van der Waals surface area contributed by atoms with Crippen LogP contribution in [0.4, 0.5) is 11.4 Å². The van der Waals surface area contributed by atoms with Gasteiger partial charge < -0.3 is 4.90 Å². The van der Waals surface area contributed by atoms with E-state index in [1.807, 2.05) is 107 Å². The lowest BCUT2D eigenvalue weighted by Crippen LogP contribution is -2.61. The summed E-state index contributed by atoms with van der Waals surface area (Å²) < 4.78 is 0. The molecule has 1 fully saturated rings. The first kappa shape index (κ1) is 21.6. The largest absolute Gasteiger partial charge is 0.300 e. The molecule has 3 aromatic rings. The molecule has 4 heteroatoms. The Hall–Kier alpha value is -3.66. The number of rotatable bonds is 4. The second kappa shape index (κ2) is 8.83. The van der Waals surface area contributed by atoms with Crippen LogP contribution in [0.25, 0.3) is 6.08 Å². The van der Waals surface area contributed by atoms with Crippen LogP contribution in [-0.4, -0.2) is 24.4 Å². The predicted octanol–water partition coefficient (Wildman–Crippen LogP) is 5.46. The molecule has 4 rings (SSSR count). The molecular formula is C28H28N2O2. The fourth-order valence-electron chi connectivity index (χ4n) is 4.40. The van der Waals surface area contributed by atoms with Gasteiger partial charge in [0.2, 0.25) is 5.91 Å². The van der Waals surface area contributed by atoms with E-state index in [2.05, 4.69) is 0 Å². The van der Waals surface area contributed by atoms with Crippen molar-refractivity contribution < 1.29 is 9.59 Å². The summed E-state index contributed by atoms with van der Waals surface area (Å²) in [6.07, 6.45) is 1.99. The van der Waals surface area contributed by atoms with E-state index in [4.69, 9.17) is 0 Å². The van der Waals surface area contributed by atoms with E-state index in [0.717, 1.165) is 39.2 Å². The van der Waals surface area contributed by atoms with E-state index in [1.165, 1.54) is 0 Å². The second-order valence-electron chi connectivity index (χ2n) is 8.47. The van der Waals surface area contributed by atoms with Gasteiger partial charge in [-0.15, -0.1) is 0 Å². The minimum absolute atomic E-state index is 0.0213. The fourth-order valence-corrected chi connectivity index (χ4v) is 4.40. The summed E-state index contributed by atoms with van der Waals surface area (Å²) in [7, 11) is 0. The molecule has 162 valence electrons. The lowest BCUT2D eigenvalue weighted by molar-refractivity contribution is -0.127. The number of hydrogen-bond acceptors (Lipinski definition) is 2. The van der Waals surface area contributed by atoms with Crippen LogP contribution in [0.3, 0.4) is 0 Å². The molecule has 0 unspecified atom stereocenters. The van der Waals surface area contributed by atoms with Crippen LogP contribution in [0, 0.1) is 20.8 Å². The van der Waals surface area contributed by atoms with Crippen LogP contribution in [-0.2, 0) is 9.59 Å². The molecule has 0 N–H and O–H groups in total. The number of nitrogens with zero attached hydrogens (tertiary/aromatic N) is 2. The third-order valence-electron chi connectivity index (χ3n) is 5.97. The summed E-state index contributed by atoms with van der Waals surface area (Å²) in [6, 6.07) is 22.9. The van der Waals surface area contributed by atoms with E-state index in [9.17, 15) is 9.59 Å². The van der Waals surface area contributed by atoms with Gasteiger partial charge in [-0.25, -0.2) is 0 Å². The summed E-state index contributed by atoms with van der Waals surface area (Å²) in [5, 5.41) is 0. The monoisotopic (exact) mass is 424 g/mol. The summed E-state index contributed by atoms with van der Waals surface area (Å²) in [5.74, 6) is -0.186. The molecule has 1 aliphatic rings. The third kappa shape index (κ3) is 4.09. The van der Waals surface area contributed by atoms with Gasteiger partial charge in [-0.1, -0.05) is 72.3 Å². The van der Waals surface area contributed by atoms with Gasteiger partial charge in [0.15, 0.2) is 0 Å². The van der Waals surface area contributed by atoms with Crippen molar-refractivity contribution in [3.05, 3.63) is 101 Å². The zero-order valence-corrected chi connectivity index (χ0v) is 19.0. The van der Waals surface area contributed by atoms with E-state index in [0.29, 0.717) is 0 Å². The van der Waals surface area contributed by atoms with Crippen LogP contribution in [0.5, 0.6) is 0 Å². The average molecular weight is 425 g/mol. The van der Waals surface area contributed by atoms with Crippen molar-refractivity contribution in [3.63, 3.8) is 0 Å². The van der Waals surface area contributed by atoms with Crippen molar-refractivity contribution in [3.8, 4) is 0 Å². The molecule has 1 saturated heterocycles. The minimum Gasteiger partial charge on any atom is -0.300 e. The smallest absolute Gasteiger partial charge is 0.254 e. The molecule has 1 atom stereocenters. The highest BCUT2D eigenvalue weighted by Gasteiger charge is 2.42. The van der Waals surface area contributed by atoms with Crippen LogP contribution in [0.1, 0.15) is 29.2 Å². The van der Waals surface area contributed by atoms with Gasteiger partial charge >= 0.3 is 0 Å². The number of amides is 2. The Labute approximate surface area is 189 Å². The molecular weight excluding hydrogens is 396 g/mol. The first-order valence-corrected chi connectivity index (χ1v) is 10.9. The van der Waals surface area contributed by atoms with Gasteiger partial charge in [-0.3, -0.25) is 14.5 Å². The molecule has 0 radical (unpaired) electrons. The molecule has 0 spiro atoms. The Morgan fingerprint density at radius 1 is 0.844 bits per heavy atom. The first-order valence-electron chi connectivity index (χ1n) is 10.9. The molecule has 1 heterocycles. The van der Waals surface area contributed by atoms with E-state index < -0.39 is 6.04 Å². The van der Waals surface area contributed by atoms with Gasteiger partial charge in [-0.05, 0) is 62.1 Å². The lowest BCUT2D eigenvalue weighted by atomic mass is 9.97. The van der Waals surface area contributed by atoms with Crippen molar-refractivity contribution in [1.29, 1.82) is 0 Å². The SMILES string of the molecule is CC(=Cc1ccccc1)[C@H]1C(=O)N(c2c(C)cccc2C)CC(=O)N1c1ccc(C)cc1. The Kier molecular flexibility index (Phi) is 5.95. The van der Waals surface area contributed by atoms with Crippen molar-refractivity contribution >= 4 is 29.3 Å². The Balaban J connectivity index is 1.83. The zero-order valence-electron chi connectivity index (χ0n) is 19.0. The molecule has 4 nitrogen and oxygen atoms in total. The first-order chi connectivity index (χ1) is 15.4. The lowest BCUT2D eigenvalue weighted by Gasteiger charge is -2.41. The van der Waals surface area contributed by atoms with Crippen LogP contribution < -0.4 is 9.80 Å². The Bertz CT molecular complexity index is 1160. The molecule has 0 aliphatic carbocycles. The highest BCUT2D eigenvalue weighted by atomic mass is 16.2. The standard InChI is InChI=1S/C28H28N2O2/c1-19-13-15-24(16-14-19)30-25(31)18-29(26-20(2)9-8-10-21(26)3)28(32)27(30)22(4)17-23-11-6-5-7-12-23/h5-17,27H,18H2,1-4H3/t27-/m0/s1. The van der Waals surface area contributed by atoms with Gasteiger partial charge in [0, 0.05) is 5.69 Å². The second-order valence-corrected chi connectivity index (χ2v) is 8.47. The number of piperazine rings is 1. The quantitative estimate of drug-likeness (QED) is 0.558. The maximum absolute atomic E-state index is 13.9. The molecule has 2 amide bonds. The van der Waals surface area contributed by atoms with E-state index >= 15 is 0 Å². The number of carbonyl (C=O) groups is 2. The van der Waals surface area contributed by atoms with Gasteiger partial charge in [0.25, 0.3) is 5.91 Å². The van der Waals surface area contributed by atoms with Crippen molar-refractivity contribution in [2.45, 2.75) is 33.7 Å². The summed E-state index contributed by atoms with van der Waals surface area (Å²) in [6.45, 7) is 7.92. The number of para-hydroxylation sites is 1. The maximum atomic E-state index is 13.9.